The normalized spacial score (nSPS) is 18.7. The molecule has 0 aromatic heterocycles. The summed E-state index contributed by atoms with van der Waals surface area (Å²) in [6.45, 7) is 5.33. The summed E-state index contributed by atoms with van der Waals surface area (Å²) < 4.78 is 0. The molecule has 8 nitrogen and oxygen atoms in total. The number of hydrogen-bond donors (Lipinski definition) is 3. The molecule has 2 saturated heterocycles. The molecule has 2 fully saturated rings. The summed E-state index contributed by atoms with van der Waals surface area (Å²) in [5.41, 5.74) is 6.49. The van der Waals surface area contributed by atoms with E-state index in [4.69, 9.17) is 5.73 Å². The lowest BCUT2D eigenvalue weighted by Gasteiger charge is -2.29. The first kappa shape index (κ1) is 22.2. The number of anilines is 1. The summed E-state index contributed by atoms with van der Waals surface area (Å²) in [6.07, 6.45) is 5.15. The van der Waals surface area contributed by atoms with Crippen LogP contribution in [0.4, 0.5) is 5.69 Å². The molecule has 0 unspecified atom stereocenters. The average molecular weight is 416 g/mol. The van der Waals surface area contributed by atoms with E-state index < -0.39 is 0 Å². The van der Waals surface area contributed by atoms with Crippen LogP contribution >= 0.6 is 0 Å². The smallest absolute Gasteiger partial charge is 0.251 e. The molecular formula is C22H33N5O3. The van der Waals surface area contributed by atoms with Gasteiger partial charge in [0.15, 0.2) is 0 Å². The van der Waals surface area contributed by atoms with Gasteiger partial charge in [-0.3, -0.25) is 19.3 Å². The van der Waals surface area contributed by atoms with Gasteiger partial charge in [-0.25, -0.2) is 0 Å². The lowest BCUT2D eigenvalue weighted by molar-refractivity contribution is -0.123. The summed E-state index contributed by atoms with van der Waals surface area (Å²) in [5, 5.41) is 5.83. The summed E-state index contributed by atoms with van der Waals surface area (Å²) in [5.74, 6) is -0.605. The third kappa shape index (κ3) is 6.81. The molecule has 0 aliphatic carbocycles. The van der Waals surface area contributed by atoms with Crippen molar-refractivity contribution >= 4 is 23.4 Å². The van der Waals surface area contributed by atoms with Crippen LogP contribution in [-0.4, -0.2) is 73.3 Å². The van der Waals surface area contributed by atoms with Crippen molar-refractivity contribution in [2.24, 2.45) is 11.7 Å². The number of piperidine rings is 2. The average Bonchev–Trinajstić information content (AvgIpc) is 2.75. The van der Waals surface area contributed by atoms with Crippen LogP contribution in [0.5, 0.6) is 0 Å². The first-order valence-corrected chi connectivity index (χ1v) is 10.9. The lowest BCUT2D eigenvalue weighted by Crippen LogP contribution is -2.42. The first-order chi connectivity index (χ1) is 14.5. The van der Waals surface area contributed by atoms with E-state index in [-0.39, 0.29) is 30.2 Å². The van der Waals surface area contributed by atoms with E-state index in [9.17, 15) is 14.4 Å². The molecule has 0 radical (unpaired) electrons. The molecule has 4 N–H and O–H groups in total. The minimum absolute atomic E-state index is 0.0885. The number of benzene rings is 1. The van der Waals surface area contributed by atoms with Crippen LogP contribution in [0, 0.1) is 5.92 Å². The number of nitrogens with one attached hydrogen (secondary N) is 2. The van der Waals surface area contributed by atoms with Crippen molar-refractivity contribution < 1.29 is 14.4 Å². The number of amides is 3. The Kier molecular flexibility index (Phi) is 8.21. The van der Waals surface area contributed by atoms with Gasteiger partial charge in [0, 0.05) is 30.3 Å². The maximum atomic E-state index is 12.4. The third-order valence-electron chi connectivity index (χ3n) is 5.93. The number of hydrogen-bond acceptors (Lipinski definition) is 5. The Bertz CT molecular complexity index is 740. The first-order valence-electron chi connectivity index (χ1n) is 10.9. The second-order valence-corrected chi connectivity index (χ2v) is 8.24. The molecule has 0 spiro atoms. The van der Waals surface area contributed by atoms with Crippen LogP contribution < -0.4 is 16.4 Å². The molecule has 0 atom stereocenters. The van der Waals surface area contributed by atoms with Crippen molar-refractivity contribution in [2.45, 2.75) is 32.1 Å². The van der Waals surface area contributed by atoms with Crippen LogP contribution in [0.3, 0.4) is 0 Å². The van der Waals surface area contributed by atoms with Crippen molar-refractivity contribution in [1.82, 2.24) is 15.1 Å². The predicted molar refractivity (Wildman–Crippen MR) is 116 cm³/mol. The number of likely N-dealkylation sites (tertiary alicyclic amines) is 2. The van der Waals surface area contributed by atoms with Gasteiger partial charge in [0.2, 0.25) is 11.8 Å². The van der Waals surface area contributed by atoms with E-state index in [1.54, 1.807) is 24.3 Å². The number of rotatable bonds is 8. The van der Waals surface area contributed by atoms with Crippen molar-refractivity contribution in [3.8, 4) is 0 Å². The van der Waals surface area contributed by atoms with Gasteiger partial charge < -0.3 is 21.3 Å². The zero-order valence-corrected chi connectivity index (χ0v) is 17.6. The monoisotopic (exact) mass is 415 g/mol. The van der Waals surface area contributed by atoms with Crippen LogP contribution in [0.1, 0.15) is 42.5 Å². The molecule has 8 heteroatoms. The Labute approximate surface area is 178 Å². The van der Waals surface area contributed by atoms with Crippen LogP contribution in [-0.2, 0) is 9.59 Å². The predicted octanol–water partition coefficient (Wildman–Crippen LogP) is 1.04. The van der Waals surface area contributed by atoms with E-state index >= 15 is 0 Å². The lowest BCUT2D eigenvalue weighted by atomic mass is 9.96. The topological polar surface area (TPSA) is 108 Å². The quantitative estimate of drug-likeness (QED) is 0.588. The molecule has 1 aromatic rings. The fraction of sp³-hybridized carbons (Fsp3) is 0.591. The van der Waals surface area contributed by atoms with Crippen LogP contribution in [0.2, 0.25) is 0 Å². The highest BCUT2D eigenvalue weighted by molar-refractivity contribution is 5.97. The van der Waals surface area contributed by atoms with Crippen molar-refractivity contribution in [3.63, 3.8) is 0 Å². The minimum atomic E-state index is -0.259. The van der Waals surface area contributed by atoms with Crippen LogP contribution in [0.25, 0.3) is 0 Å². The van der Waals surface area contributed by atoms with Crippen LogP contribution in [0.15, 0.2) is 24.3 Å². The molecule has 2 heterocycles. The third-order valence-corrected chi connectivity index (χ3v) is 5.93. The fourth-order valence-electron chi connectivity index (χ4n) is 4.13. The summed E-state index contributed by atoms with van der Waals surface area (Å²) in [7, 11) is 0. The number of nitrogens with zero attached hydrogens (tertiary/aromatic N) is 2. The molecule has 3 amide bonds. The standard InChI is InChI=1S/C22H33N5O3/c23-21(29)17-7-12-27(13-8-17)16-20(28)25-19-6-4-5-18(15-19)22(30)24-9-14-26-10-2-1-3-11-26/h4-6,15,17H,1-3,7-14,16H2,(H2,23,29)(H,24,30)(H,25,28). The van der Waals surface area contributed by atoms with Gasteiger partial charge in [-0.1, -0.05) is 12.5 Å². The molecule has 1 aromatic carbocycles. The highest BCUT2D eigenvalue weighted by atomic mass is 16.2. The summed E-state index contributed by atoms with van der Waals surface area (Å²) in [4.78, 5) is 40.5. The van der Waals surface area contributed by atoms with Gasteiger partial charge in [-0.15, -0.1) is 0 Å². The molecule has 0 saturated carbocycles. The number of primary amides is 1. The zero-order chi connectivity index (χ0) is 21.3. The molecule has 0 bridgehead atoms. The Morgan fingerprint density at radius 1 is 1.00 bits per heavy atom. The van der Waals surface area contributed by atoms with Gasteiger partial charge in [0.25, 0.3) is 5.91 Å². The number of carbonyl (C=O) groups excluding carboxylic acids is 3. The van der Waals surface area contributed by atoms with E-state index in [0.717, 1.165) is 19.6 Å². The highest BCUT2D eigenvalue weighted by Gasteiger charge is 2.24. The van der Waals surface area contributed by atoms with Gasteiger partial charge in [-0.2, -0.15) is 0 Å². The Balaban J connectivity index is 1.42. The summed E-state index contributed by atoms with van der Waals surface area (Å²) in [6, 6.07) is 7.00. The van der Waals surface area contributed by atoms with Crippen molar-refractivity contribution in [2.75, 3.05) is 51.1 Å². The van der Waals surface area contributed by atoms with E-state index in [1.807, 2.05) is 4.90 Å². The van der Waals surface area contributed by atoms with Gasteiger partial charge >= 0.3 is 0 Å². The Morgan fingerprint density at radius 2 is 1.73 bits per heavy atom. The second kappa shape index (κ2) is 11.1. The van der Waals surface area contributed by atoms with Gasteiger partial charge in [0.1, 0.15) is 0 Å². The molecule has 30 heavy (non-hydrogen) atoms. The largest absolute Gasteiger partial charge is 0.369 e. The maximum absolute atomic E-state index is 12.4. The molecule has 3 rings (SSSR count). The van der Waals surface area contributed by atoms with E-state index in [1.165, 1.54) is 19.3 Å². The maximum Gasteiger partial charge on any atom is 0.251 e. The highest BCUT2D eigenvalue weighted by Crippen LogP contribution is 2.17. The Morgan fingerprint density at radius 3 is 2.43 bits per heavy atom. The second-order valence-electron chi connectivity index (χ2n) is 8.24. The van der Waals surface area contributed by atoms with Crippen molar-refractivity contribution in [3.05, 3.63) is 29.8 Å². The SMILES string of the molecule is NC(=O)C1CCN(CC(=O)Nc2cccc(C(=O)NCCN3CCCCC3)c2)CC1. The molecule has 164 valence electrons. The fourth-order valence-corrected chi connectivity index (χ4v) is 4.13. The minimum Gasteiger partial charge on any atom is -0.369 e. The summed E-state index contributed by atoms with van der Waals surface area (Å²) >= 11 is 0. The van der Waals surface area contributed by atoms with Crippen molar-refractivity contribution in [1.29, 1.82) is 0 Å². The molecule has 2 aliphatic rings. The van der Waals surface area contributed by atoms with Gasteiger partial charge in [-0.05, 0) is 70.1 Å². The molecule has 2 aliphatic heterocycles. The van der Waals surface area contributed by atoms with E-state index in [2.05, 4.69) is 15.5 Å². The molecular weight excluding hydrogens is 382 g/mol. The van der Waals surface area contributed by atoms with E-state index in [0.29, 0.717) is 43.7 Å². The number of carbonyl (C=O) groups is 3. The number of nitrogens with two attached hydrogens (primary N) is 1. The zero-order valence-electron chi connectivity index (χ0n) is 17.6. The Hall–Kier alpha value is -2.45. The van der Waals surface area contributed by atoms with Gasteiger partial charge in [0.05, 0.1) is 6.54 Å².